The zero-order chi connectivity index (χ0) is 18.5. The molecule has 8 heteroatoms. The van der Waals surface area contributed by atoms with E-state index in [0.717, 1.165) is 19.3 Å². The SMILES string of the molecule is CC(C)NC(=O)Nc1cccc(C(=O)N2CCCCC2c2ncon2)c1. The Morgan fingerprint density at radius 1 is 1.31 bits per heavy atom. The molecule has 2 N–H and O–H groups in total. The number of hydrogen-bond donors (Lipinski definition) is 2. The minimum absolute atomic E-state index is 0.0314. The summed E-state index contributed by atoms with van der Waals surface area (Å²) in [4.78, 5) is 30.8. The maximum Gasteiger partial charge on any atom is 0.319 e. The molecule has 1 aliphatic heterocycles. The first kappa shape index (κ1) is 17.9. The van der Waals surface area contributed by atoms with E-state index in [0.29, 0.717) is 23.6 Å². The Balaban J connectivity index is 1.76. The molecule has 1 saturated heterocycles. The quantitative estimate of drug-likeness (QED) is 0.876. The normalized spacial score (nSPS) is 17.2. The largest absolute Gasteiger partial charge is 0.343 e. The molecule has 2 heterocycles. The second-order valence-electron chi connectivity index (χ2n) is 6.63. The number of nitrogens with one attached hydrogen (secondary N) is 2. The first-order valence-electron chi connectivity index (χ1n) is 8.79. The van der Waals surface area contributed by atoms with Crippen LogP contribution in [0.5, 0.6) is 0 Å². The summed E-state index contributed by atoms with van der Waals surface area (Å²) in [6.07, 6.45) is 4.04. The molecule has 1 aliphatic rings. The van der Waals surface area contributed by atoms with Crippen LogP contribution in [-0.4, -0.2) is 39.6 Å². The smallest absolute Gasteiger partial charge is 0.319 e. The topological polar surface area (TPSA) is 100 Å². The number of benzene rings is 1. The van der Waals surface area contributed by atoms with Crippen LogP contribution in [0, 0.1) is 0 Å². The summed E-state index contributed by atoms with van der Waals surface area (Å²) in [5.41, 5.74) is 1.09. The third kappa shape index (κ3) is 4.19. The van der Waals surface area contributed by atoms with Gasteiger partial charge in [-0.3, -0.25) is 4.79 Å². The summed E-state index contributed by atoms with van der Waals surface area (Å²) in [5.74, 6) is 0.427. The summed E-state index contributed by atoms with van der Waals surface area (Å²) in [6.45, 7) is 4.41. The molecule has 138 valence electrons. The van der Waals surface area contributed by atoms with Gasteiger partial charge in [0.1, 0.15) is 0 Å². The molecule has 0 radical (unpaired) electrons. The van der Waals surface area contributed by atoms with Crippen LogP contribution in [0.25, 0.3) is 0 Å². The summed E-state index contributed by atoms with van der Waals surface area (Å²) in [5, 5.41) is 9.41. The molecule has 0 aliphatic carbocycles. The third-order valence-corrected chi connectivity index (χ3v) is 4.23. The van der Waals surface area contributed by atoms with Crippen molar-refractivity contribution in [3.8, 4) is 0 Å². The van der Waals surface area contributed by atoms with Crippen LogP contribution in [0.4, 0.5) is 10.5 Å². The fraction of sp³-hybridized carbons (Fsp3) is 0.444. The fourth-order valence-electron chi connectivity index (χ4n) is 3.09. The monoisotopic (exact) mass is 357 g/mol. The third-order valence-electron chi connectivity index (χ3n) is 4.23. The number of carbonyl (C=O) groups excluding carboxylic acids is 2. The Morgan fingerprint density at radius 2 is 2.15 bits per heavy atom. The second kappa shape index (κ2) is 7.99. The predicted molar refractivity (Wildman–Crippen MR) is 95.7 cm³/mol. The Kier molecular flexibility index (Phi) is 5.50. The van der Waals surface area contributed by atoms with E-state index in [1.807, 2.05) is 13.8 Å². The molecule has 0 spiro atoms. The number of likely N-dealkylation sites (tertiary alicyclic amines) is 1. The predicted octanol–water partition coefficient (Wildman–Crippen LogP) is 2.97. The minimum atomic E-state index is -0.299. The number of carbonyl (C=O) groups is 2. The molecule has 1 atom stereocenters. The van der Waals surface area contributed by atoms with E-state index >= 15 is 0 Å². The van der Waals surface area contributed by atoms with Crippen molar-refractivity contribution in [3.63, 3.8) is 0 Å². The van der Waals surface area contributed by atoms with Gasteiger partial charge in [-0.25, -0.2) is 4.79 Å². The Morgan fingerprint density at radius 3 is 2.88 bits per heavy atom. The summed E-state index contributed by atoms with van der Waals surface area (Å²) < 4.78 is 4.84. The van der Waals surface area contributed by atoms with Crippen molar-refractivity contribution in [1.29, 1.82) is 0 Å². The number of urea groups is 1. The molecular weight excluding hydrogens is 334 g/mol. The number of rotatable bonds is 4. The molecule has 2 aromatic rings. The van der Waals surface area contributed by atoms with Gasteiger partial charge in [0.25, 0.3) is 5.91 Å². The zero-order valence-corrected chi connectivity index (χ0v) is 14.9. The van der Waals surface area contributed by atoms with Gasteiger partial charge in [-0.15, -0.1) is 0 Å². The lowest BCUT2D eigenvalue weighted by molar-refractivity contribution is 0.0597. The van der Waals surface area contributed by atoms with Gasteiger partial charge in [-0.05, 0) is 51.3 Å². The van der Waals surface area contributed by atoms with Gasteiger partial charge in [-0.2, -0.15) is 4.98 Å². The molecule has 1 aromatic carbocycles. The van der Waals surface area contributed by atoms with Gasteiger partial charge in [0.15, 0.2) is 5.82 Å². The molecule has 1 aromatic heterocycles. The van der Waals surface area contributed by atoms with Gasteiger partial charge < -0.3 is 20.1 Å². The number of anilines is 1. The van der Waals surface area contributed by atoms with E-state index in [1.165, 1.54) is 6.39 Å². The number of amides is 3. The van der Waals surface area contributed by atoms with Gasteiger partial charge >= 0.3 is 6.03 Å². The van der Waals surface area contributed by atoms with Crippen LogP contribution in [0.15, 0.2) is 35.2 Å². The highest BCUT2D eigenvalue weighted by molar-refractivity contribution is 5.97. The lowest BCUT2D eigenvalue weighted by Gasteiger charge is -2.33. The Hall–Kier alpha value is -2.90. The summed E-state index contributed by atoms with van der Waals surface area (Å²) >= 11 is 0. The van der Waals surface area contributed by atoms with Crippen molar-refractivity contribution >= 4 is 17.6 Å². The van der Waals surface area contributed by atoms with Gasteiger partial charge in [0, 0.05) is 23.8 Å². The molecule has 0 bridgehead atoms. The van der Waals surface area contributed by atoms with Crippen LogP contribution >= 0.6 is 0 Å². The maximum absolute atomic E-state index is 13.0. The first-order chi connectivity index (χ1) is 12.5. The zero-order valence-electron chi connectivity index (χ0n) is 14.9. The van der Waals surface area contributed by atoms with Crippen molar-refractivity contribution in [3.05, 3.63) is 42.0 Å². The maximum atomic E-state index is 13.0. The molecule has 26 heavy (non-hydrogen) atoms. The molecular formula is C18H23N5O3. The summed E-state index contributed by atoms with van der Waals surface area (Å²) in [7, 11) is 0. The van der Waals surface area contributed by atoms with Crippen LogP contribution < -0.4 is 10.6 Å². The highest BCUT2D eigenvalue weighted by Gasteiger charge is 2.31. The molecule has 3 amide bonds. The fourth-order valence-corrected chi connectivity index (χ4v) is 3.09. The minimum Gasteiger partial charge on any atom is -0.343 e. The Bertz CT molecular complexity index is 760. The molecule has 3 rings (SSSR count). The second-order valence-corrected chi connectivity index (χ2v) is 6.63. The van der Waals surface area contributed by atoms with E-state index in [1.54, 1.807) is 29.2 Å². The molecule has 1 fully saturated rings. The highest BCUT2D eigenvalue weighted by atomic mass is 16.5. The van der Waals surface area contributed by atoms with Crippen molar-refractivity contribution in [1.82, 2.24) is 20.4 Å². The van der Waals surface area contributed by atoms with Crippen molar-refractivity contribution < 1.29 is 14.1 Å². The van der Waals surface area contributed by atoms with Crippen LogP contribution in [-0.2, 0) is 0 Å². The van der Waals surface area contributed by atoms with Gasteiger partial charge in [-0.1, -0.05) is 11.2 Å². The lowest BCUT2D eigenvalue weighted by Crippen LogP contribution is -2.39. The average Bonchev–Trinajstić information content (AvgIpc) is 3.15. The van der Waals surface area contributed by atoms with E-state index in [9.17, 15) is 9.59 Å². The van der Waals surface area contributed by atoms with E-state index in [-0.39, 0.29) is 24.0 Å². The highest BCUT2D eigenvalue weighted by Crippen LogP contribution is 2.30. The van der Waals surface area contributed by atoms with E-state index in [2.05, 4.69) is 20.8 Å². The standard InChI is InChI=1S/C18H23N5O3/c1-12(2)20-18(25)21-14-7-5-6-13(10-14)17(24)23-9-4-3-8-15(23)16-19-11-26-22-16/h5-7,10-12,15H,3-4,8-9H2,1-2H3,(H2,20,21,25). The molecule has 8 nitrogen and oxygen atoms in total. The average molecular weight is 357 g/mol. The van der Waals surface area contributed by atoms with Gasteiger partial charge in [0.2, 0.25) is 6.39 Å². The van der Waals surface area contributed by atoms with Crippen LogP contribution in [0.1, 0.15) is 55.3 Å². The number of hydrogen-bond acceptors (Lipinski definition) is 5. The van der Waals surface area contributed by atoms with Crippen molar-refractivity contribution in [2.24, 2.45) is 0 Å². The summed E-state index contributed by atoms with van der Waals surface area (Å²) in [6, 6.07) is 6.49. The van der Waals surface area contributed by atoms with Crippen LogP contribution in [0.2, 0.25) is 0 Å². The van der Waals surface area contributed by atoms with Crippen molar-refractivity contribution in [2.45, 2.75) is 45.2 Å². The molecule has 1 unspecified atom stereocenters. The van der Waals surface area contributed by atoms with Gasteiger partial charge in [0.05, 0.1) is 6.04 Å². The number of nitrogens with zero attached hydrogens (tertiary/aromatic N) is 3. The van der Waals surface area contributed by atoms with Crippen LogP contribution in [0.3, 0.4) is 0 Å². The number of aromatic nitrogens is 2. The Labute approximate surface area is 151 Å². The number of piperidine rings is 1. The van der Waals surface area contributed by atoms with E-state index < -0.39 is 0 Å². The lowest BCUT2D eigenvalue weighted by atomic mass is 10.00. The molecule has 0 saturated carbocycles. The van der Waals surface area contributed by atoms with E-state index in [4.69, 9.17) is 4.52 Å². The van der Waals surface area contributed by atoms with Crippen molar-refractivity contribution in [2.75, 3.05) is 11.9 Å². The first-order valence-corrected chi connectivity index (χ1v) is 8.79.